The van der Waals surface area contributed by atoms with Crippen LogP contribution in [0.4, 0.5) is 11.5 Å². The first-order valence-electron chi connectivity index (χ1n) is 5.78. The number of ether oxygens (including phenoxy) is 1. The molecule has 0 aromatic carbocycles. The standard InChI is InChI=1S/C10H14N4O6/c1-3-12-8(11)7(14(18)19)9(16)13(10(12)17)5-6(15)20-4-2/h3-5,11H2,1-2H3. The van der Waals surface area contributed by atoms with Gasteiger partial charge in [-0.3, -0.25) is 24.3 Å². The van der Waals surface area contributed by atoms with Crippen LogP contribution in [-0.4, -0.2) is 26.6 Å². The van der Waals surface area contributed by atoms with Crippen molar-refractivity contribution in [1.29, 1.82) is 0 Å². The van der Waals surface area contributed by atoms with E-state index in [1.165, 1.54) is 6.92 Å². The van der Waals surface area contributed by atoms with Crippen LogP contribution >= 0.6 is 0 Å². The first kappa shape index (κ1) is 15.4. The van der Waals surface area contributed by atoms with Crippen molar-refractivity contribution in [3.63, 3.8) is 0 Å². The molecule has 1 rings (SSSR count). The minimum Gasteiger partial charge on any atom is -0.465 e. The third-order valence-electron chi connectivity index (χ3n) is 2.53. The van der Waals surface area contributed by atoms with E-state index in [1.807, 2.05) is 0 Å². The molecule has 10 heteroatoms. The molecule has 0 aliphatic heterocycles. The van der Waals surface area contributed by atoms with Crippen LogP contribution in [0, 0.1) is 10.1 Å². The maximum atomic E-state index is 12.0. The second-order valence-corrected chi connectivity index (χ2v) is 3.71. The van der Waals surface area contributed by atoms with Gasteiger partial charge >= 0.3 is 22.9 Å². The quantitative estimate of drug-likeness (QED) is 0.419. The highest BCUT2D eigenvalue weighted by molar-refractivity contribution is 5.69. The largest absolute Gasteiger partial charge is 0.465 e. The topological polar surface area (TPSA) is 139 Å². The number of rotatable bonds is 5. The van der Waals surface area contributed by atoms with Gasteiger partial charge in [-0.05, 0) is 13.8 Å². The van der Waals surface area contributed by atoms with Crippen LogP contribution in [0.15, 0.2) is 9.59 Å². The zero-order chi connectivity index (χ0) is 15.4. The number of hydrogen-bond donors (Lipinski definition) is 1. The molecule has 10 nitrogen and oxygen atoms in total. The molecule has 1 heterocycles. The summed E-state index contributed by atoms with van der Waals surface area (Å²) in [5.41, 5.74) is 2.39. The van der Waals surface area contributed by atoms with Crippen molar-refractivity contribution in [2.24, 2.45) is 0 Å². The van der Waals surface area contributed by atoms with E-state index >= 15 is 0 Å². The summed E-state index contributed by atoms with van der Waals surface area (Å²) in [6.07, 6.45) is 0. The molecule has 1 aromatic rings. The molecular weight excluding hydrogens is 272 g/mol. The van der Waals surface area contributed by atoms with Gasteiger partial charge in [-0.2, -0.15) is 0 Å². The van der Waals surface area contributed by atoms with Gasteiger partial charge in [0.15, 0.2) is 5.82 Å². The number of anilines is 1. The first-order valence-corrected chi connectivity index (χ1v) is 5.78. The number of esters is 1. The Morgan fingerprint density at radius 3 is 2.40 bits per heavy atom. The van der Waals surface area contributed by atoms with Crippen molar-refractivity contribution in [3.05, 3.63) is 31.0 Å². The molecule has 20 heavy (non-hydrogen) atoms. The second-order valence-electron chi connectivity index (χ2n) is 3.71. The van der Waals surface area contributed by atoms with E-state index in [0.29, 0.717) is 4.57 Å². The molecule has 0 spiro atoms. The summed E-state index contributed by atoms with van der Waals surface area (Å²) < 4.78 is 5.90. The molecule has 0 aliphatic carbocycles. The lowest BCUT2D eigenvalue weighted by molar-refractivity contribution is -0.386. The predicted octanol–water partition coefficient (Wildman–Crippen LogP) is -0.917. The molecular formula is C10H14N4O6. The summed E-state index contributed by atoms with van der Waals surface area (Å²) >= 11 is 0. The van der Waals surface area contributed by atoms with Crippen molar-refractivity contribution in [2.75, 3.05) is 12.3 Å². The highest BCUT2D eigenvalue weighted by atomic mass is 16.6. The van der Waals surface area contributed by atoms with E-state index in [1.54, 1.807) is 6.92 Å². The van der Waals surface area contributed by atoms with Gasteiger partial charge in [-0.25, -0.2) is 9.36 Å². The summed E-state index contributed by atoms with van der Waals surface area (Å²) in [6, 6.07) is 0. The number of nitrogen functional groups attached to an aromatic ring is 1. The number of carbonyl (C=O) groups excluding carboxylic acids is 1. The maximum Gasteiger partial charge on any atom is 0.374 e. The number of aromatic nitrogens is 2. The van der Waals surface area contributed by atoms with Crippen LogP contribution in [0.25, 0.3) is 0 Å². The van der Waals surface area contributed by atoms with Gasteiger partial charge in [0.1, 0.15) is 6.54 Å². The van der Waals surface area contributed by atoms with Crippen molar-refractivity contribution in [1.82, 2.24) is 9.13 Å². The number of nitrogens with zero attached hydrogens (tertiary/aromatic N) is 3. The highest BCUT2D eigenvalue weighted by Gasteiger charge is 2.26. The SMILES string of the molecule is CCOC(=O)Cn1c(=O)c([N+](=O)[O-])c(N)n(CC)c1=O. The predicted molar refractivity (Wildman–Crippen MR) is 68.3 cm³/mol. The van der Waals surface area contributed by atoms with Crippen molar-refractivity contribution in [2.45, 2.75) is 26.9 Å². The average molecular weight is 286 g/mol. The second kappa shape index (κ2) is 5.99. The molecule has 0 radical (unpaired) electrons. The zero-order valence-electron chi connectivity index (χ0n) is 11.0. The summed E-state index contributed by atoms with van der Waals surface area (Å²) in [5, 5.41) is 10.9. The normalized spacial score (nSPS) is 10.3. The Bertz CT molecular complexity index is 659. The first-order chi connectivity index (χ1) is 9.34. The Morgan fingerprint density at radius 1 is 1.35 bits per heavy atom. The van der Waals surface area contributed by atoms with E-state index in [2.05, 4.69) is 4.74 Å². The molecule has 0 amide bonds. The molecule has 0 fully saturated rings. The van der Waals surface area contributed by atoms with Gasteiger partial charge in [-0.15, -0.1) is 0 Å². The molecule has 0 saturated heterocycles. The van der Waals surface area contributed by atoms with Gasteiger partial charge in [0.05, 0.1) is 11.5 Å². The van der Waals surface area contributed by atoms with Crippen molar-refractivity contribution in [3.8, 4) is 0 Å². The van der Waals surface area contributed by atoms with Crippen LogP contribution < -0.4 is 17.0 Å². The molecule has 0 atom stereocenters. The van der Waals surface area contributed by atoms with E-state index in [0.717, 1.165) is 4.57 Å². The molecule has 110 valence electrons. The van der Waals surface area contributed by atoms with Gasteiger partial charge in [0, 0.05) is 6.54 Å². The highest BCUT2D eigenvalue weighted by Crippen LogP contribution is 2.13. The lowest BCUT2D eigenvalue weighted by Gasteiger charge is -2.11. The number of carbonyl (C=O) groups is 1. The Kier molecular flexibility index (Phi) is 4.62. The van der Waals surface area contributed by atoms with Crippen LogP contribution in [0.5, 0.6) is 0 Å². The Labute approximate surface area is 112 Å². The van der Waals surface area contributed by atoms with E-state index in [9.17, 15) is 24.5 Å². The van der Waals surface area contributed by atoms with Gasteiger partial charge in [-0.1, -0.05) is 0 Å². The van der Waals surface area contributed by atoms with Crippen LogP contribution in [0.1, 0.15) is 13.8 Å². The molecule has 2 N–H and O–H groups in total. The van der Waals surface area contributed by atoms with Crippen LogP contribution in [-0.2, 0) is 22.6 Å². The third kappa shape index (κ3) is 2.68. The monoisotopic (exact) mass is 286 g/mol. The minimum atomic E-state index is -1.23. The number of nitro groups is 1. The Morgan fingerprint density at radius 2 is 1.95 bits per heavy atom. The Balaban J connectivity index is 3.56. The van der Waals surface area contributed by atoms with Crippen molar-refractivity contribution < 1.29 is 14.5 Å². The van der Waals surface area contributed by atoms with Gasteiger partial charge < -0.3 is 10.5 Å². The molecule has 0 bridgehead atoms. The molecule has 1 aromatic heterocycles. The smallest absolute Gasteiger partial charge is 0.374 e. The zero-order valence-corrected chi connectivity index (χ0v) is 11.0. The fourth-order valence-corrected chi connectivity index (χ4v) is 1.65. The van der Waals surface area contributed by atoms with E-state index in [-0.39, 0.29) is 13.2 Å². The fourth-order valence-electron chi connectivity index (χ4n) is 1.65. The molecule has 0 saturated carbocycles. The van der Waals surface area contributed by atoms with Gasteiger partial charge in [0.25, 0.3) is 0 Å². The number of hydrogen-bond acceptors (Lipinski definition) is 7. The lowest BCUT2D eigenvalue weighted by Crippen LogP contribution is -2.43. The molecule has 0 aliphatic rings. The Hall–Kier alpha value is -2.65. The molecule has 0 unspecified atom stereocenters. The summed E-state index contributed by atoms with van der Waals surface area (Å²) in [7, 11) is 0. The lowest BCUT2D eigenvalue weighted by atomic mass is 10.4. The van der Waals surface area contributed by atoms with Crippen LogP contribution in [0.2, 0.25) is 0 Å². The third-order valence-corrected chi connectivity index (χ3v) is 2.53. The number of nitrogens with two attached hydrogens (primary N) is 1. The van der Waals surface area contributed by atoms with Crippen LogP contribution in [0.3, 0.4) is 0 Å². The van der Waals surface area contributed by atoms with Crippen molar-refractivity contribution >= 4 is 17.5 Å². The maximum absolute atomic E-state index is 12.0. The summed E-state index contributed by atoms with van der Waals surface area (Å²) in [4.78, 5) is 45.1. The van der Waals surface area contributed by atoms with E-state index in [4.69, 9.17) is 5.73 Å². The average Bonchev–Trinajstić information content (AvgIpc) is 2.35. The minimum absolute atomic E-state index is 0.0224. The van der Waals surface area contributed by atoms with E-state index < -0.39 is 40.2 Å². The summed E-state index contributed by atoms with van der Waals surface area (Å²) in [6.45, 7) is 2.46. The fraction of sp³-hybridized carbons (Fsp3) is 0.500. The summed E-state index contributed by atoms with van der Waals surface area (Å²) in [5.74, 6) is -1.37. The van der Waals surface area contributed by atoms with Gasteiger partial charge in [0.2, 0.25) is 0 Å².